The van der Waals surface area contributed by atoms with E-state index in [1.54, 1.807) is 18.9 Å². The Morgan fingerprint density at radius 2 is 1.66 bits per heavy atom. The molecule has 3 amide bonds. The van der Waals surface area contributed by atoms with E-state index in [0.29, 0.717) is 17.8 Å². The highest BCUT2D eigenvalue weighted by Crippen LogP contribution is 2.31. The molecule has 35 heavy (non-hydrogen) atoms. The number of amides is 3. The van der Waals surface area contributed by atoms with Gasteiger partial charge in [0.25, 0.3) is 0 Å². The average molecular weight is 508 g/mol. The predicted molar refractivity (Wildman–Crippen MR) is 135 cm³/mol. The van der Waals surface area contributed by atoms with Crippen LogP contribution in [0.15, 0.2) is 0 Å². The number of piperidine rings is 1. The maximum Gasteiger partial charge on any atom is 0.244 e. The van der Waals surface area contributed by atoms with Gasteiger partial charge in [0.05, 0.1) is 5.92 Å². The molecule has 4 fully saturated rings. The Labute approximate surface area is 213 Å². The van der Waals surface area contributed by atoms with E-state index in [1.165, 1.54) is 0 Å². The van der Waals surface area contributed by atoms with Crippen molar-refractivity contribution >= 4 is 36.0 Å². The highest BCUT2D eigenvalue weighted by atomic mass is 32.2. The van der Waals surface area contributed by atoms with Gasteiger partial charge in [-0.15, -0.1) is 0 Å². The summed E-state index contributed by atoms with van der Waals surface area (Å²) < 4.78 is 2.50. The Balaban J connectivity index is 1.13. The maximum atomic E-state index is 12.9. The Bertz CT molecular complexity index is 774. The van der Waals surface area contributed by atoms with Crippen molar-refractivity contribution in [2.24, 2.45) is 11.8 Å². The minimum atomic E-state index is -0.567. The Morgan fingerprint density at radius 3 is 2.23 bits per heavy atom. The Morgan fingerprint density at radius 1 is 1.00 bits per heavy atom. The lowest BCUT2D eigenvalue weighted by molar-refractivity contribution is -0.137. The van der Waals surface area contributed by atoms with Gasteiger partial charge in [-0.2, -0.15) is 0 Å². The van der Waals surface area contributed by atoms with Crippen LogP contribution in [0, 0.1) is 11.8 Å². The minimum Gasteiger partial charge on any atom is -0.345 e. The van der Waals surface area contributed by atoms with Gasteiger partial charge >= 0.3 is 0 Å². The molecule has 2 atom stereocenters. The predicted octanol–water partition coefficient (Wildman–Crippen LogP) is 0.984. The molecular weight excluding hydrogens is 466 g/mol. The maximum absolute atomic E-state index is 12.9. The summed E-state index contributed by atoms with van der Waals surface area (Å²) in [6, 6.07) is 0.0764. The van der Waals surface area contributed by atoms with Gasteiger partial charge in [-0.1, -0.05) is 11.9 Å². The van der Waals surface area contributed by atoms with Gasteiger partial charge in [-0.3, -0.25) is 19.3 Å². The summed E-state index contributed by atoms with van der Waals surface area (Å²) in [4.78, 5) is 54.1. The number of hydrogen-bond acceptors (Lipinski definition) is 7. The van der Waals surface area contributed by atoms with Crippen LogP contribution in [0.1, 0.15) is 51.9 Å². The van der Waals surface area contributed by atoms with Gasteiger partial charge in [-0.05, 0) is 45.4 Å². The highest BCUT2D eigenvalue weighted by Gasteiger charge is 2.35. The molecule has 1 N–H and O–H groups in total. The molecule has 0 aromatic rings. The van der Waals surface area contributed by atoms with Crippen LogP contribution in [0.2, 0.25) is 0 Å². The van der Waals surface area contributed by atoms with Crippen LogP contribution in [0.4, 0.5) is 0 Å². The topological polar surface area (TPSA) is 93.3 Å². The average Bonchev–Trinajstić information content (AvgIpc) is 3.22. The summed E-state index contributed by atoms with van der Waals surface area (Å²) in [5.74, 6) is -0.342. The molecule has 1 aliphatic carbocycles. The Kier molecular flexibility index (Phi) is 9.10. The fraction of sp³-hybridized carbons (Fsp3) is 0.840. The molecule has 4 aliphatic rings. The molecule has 10 heteroatoms. The minimum absolute atomic E-state index is 0.0214. The van der Waals surface area contributed by atoms with Crippen molar-refractivity contribution in [3.8, 4) is 0 Å². The van der Waals surface area contributed by atoms with Crippen LogP contribution < -0.4 is 5.32 Å². The fourth-order valence-corrected chi connectivity index (χ4v) is 7.09. The summed E-state index contributed by atoms with van der Waals surface area (Å²) in [6.45, 7) is 7.94. The van der Waals surface area contributed by atoms with E-state index in [4.69, 9.17) is 0 Å². The molecule has 9 nitrogen and oxygen atoms in total. The van der Waals surface area contributed by atoms with Gasteiger partial charge in [0.1, 0.15) is 12.3 Å². The van der Waals surface area contributed by atoms with Crippen molar-refractivity contribution in [3.63, 3.8) is 0 Å². The van der Waals surface area contributed by atoms with E-state index in [1.807, 2.05) is 16.8 Å². The number of piperazine rings is 1. The number of hydrogen-bond donors (Lipinski definition) is 1. The third kappa shape index (κ3) is 6.77. The zero-order valence-electron chi connectivity index (χ0n) is 21.2. The standard InChI is InChI=1S/C25H41N5O4S/c1-18(26-24(33)20-15-23(32)27(2)16-20)25(34)29-9-7-22(8-10-29)35-30-13-11-28(12-14-30)21-5-3-19(17-31)4-6-21/h17-22H,3-16H2,1-2H3,(H,26,33). The van der Waals surface area contributed by atoms with Crippen LogP contribution in [0.25, 0.3) is 0 Å². The lowest BCUT2D eigenvalue weighted by Gasteiger charge is -2.42. The number of rotatable bonds is 7. The number of carbonyl (C=O) groups excluding carboxylic acids is 4. The van der Waals surface area contributed by atoms with Crippen LogP contribution in [-0.2, 0) is 19.2 Å². The second kappa shape index (κ2) is 12.1. The van der Waals surface area contributed by atoms with E-state index >= 15 is 0 Å². The van der Waals surface area contributed by atoms with E-state index in [2.05, 4.69) is 14.5 Å². The highest BCUT2D eigenvalue weighted by molar-refractivity contribution is 7.97. The number of aldehydes is 1. The van der Waals surface area contributed by atoms with Crippen LogP contribution in [-0.4, -0.2) is 113 Å². The lowest BCUT2D eigenvalue weighted by Crippen LogP contribution is -2.52. The summed E-state index contributed by atoms with van der Waals surface area (Å²) in [7, 11) is 1.70. The summed E-state index contributed by atoms with van der Waals surface area (Å²) in [5, 5.41) is 3.36. The van der Waals surface area contributed by atoms with E-state index in [-0.39, 0.29) is 36.0 Å². The van der Waals surface area contributed by atoms with Gasteiger partial charge in [0, 0.05) is 76.5 Å². The van der Waals surface area contributed by atoms with Crippen LogP contribution in [0.5, 0.6) is 0 Å². The van der Waals surface area contributed by atoms with Gasteiger partial charge in [0.15, 0.2) is 0 Å². The molecule has 2 unspecified atom stereocenters. The molecular formula is C25H41N5O4S. The summed E-state index contributed by atoms with van der Waals surface area (Å²) in [5.41, 5.74) is 0. The van der Waals surface area contributed by atoms with Crippen molar-refractivity contribution in [1.29, 1.82) is 0 Å². The molecule has 196 valence electrons. The lowest BCUT2D eigenvalue weighted by atomic mass is 9.86. The monoisotopic (exact) mass is 507 g/mol. The molecule has 0 bridgehead atoms. The van der Waals surface area contributed by atoms with Crippen molar-refractivity contribution in [3.05, 3.63) is 0 Å². The first-order chi connectivity index (χ1) is 16.8. The Hall–Kier alpha value is -1.65. The zero-order chi connectivity index (χ0) is 24.9. The summed E-state index contributed by atoms with van der Waals surface area (Å²) >= 11 is 1.96. The normalized spacial score (nSPS) is 30.3. The smallest absolute Gasteiger partial charge is 0.244 e. The summed E-state index contributed by atoms with van der Waals surface area (Å²) in [6.07, 6.45) is 7.68. The van der Waals surface area contributed by atoms with Crippen molar-refractivity contribution in [2.75, 3.05) is 52.9 Å². The first-order valence-electron chi connectivity index (χ1n) is 13.3. The van der Waals surface area contributed by atoms with Gasteiger partial charge < -0.3 is 19.9 Å². The van der Waals surface area contributed by atoms with Crippen LogP contribution in [0.3, 0.4) is 0 Å². The molecule has 3 aliphatic heterocycles. The van der Waals surface area contributed by atoms with Crippen LogP contribution >= 0.6 is 11.9 Å². The first kappa shape index (κ1) is 26.4. The number of nitrogens with one attached hydrogen (secondary N) is 1. The number of nitrogens with zero attached hydrogens (tertiary/aromatic N) is 4. The third-order valence-corrected chi connectivity index (χ3v) is 9.65. The molecule has 4 rings (SSSR count). The number of carbonyl (C=O) groups is 4. The second-order valence-electron chi connectivity index (χ2n) is 10.7. The second-order valence-corrected chi connectivity index (χ2v) is 12.1. The number of likely N-dealkylation sites (tertiary alicyclic amines) is 2. The van der Waals surface area contributed by atoms with E-state index in [0.717, 1.165) is 84.1 Å². The zero-order valence-corrected chi connectivity index (χ0v) is 22.0. The molecule has 0 spiro atoms. The largest absolute Gasteiger partial charge is 0.345 e. The fourth-order valence-electron chi connectivity index (χ4n) is 5.88. The SMILES string of the molecule is CC(NC(=O)C1CC(=O)N(C)C1)C(=O)N1CCC(SN2CCN(C3CCC(C=O)CC3)CC2)CC1. The molecule has 0 radical (unpaired) electrons. The van der Waals surface area contributed by atoms with Crippen molar-refractivity contribution in [1.82, 2.24) is 24.3 Å². The molecule has 0 aromatic heterocycles. The van der Waals surface area contributed by atoms with Crippen molar-refractivity contribution in [2.45, 2.75) is 69.2 Å². The first-order valence-corrected chi connectivity index (χ1v) is 14.1. The van der Waals surface area contributed by atoms with E-state index in [9.17, 15) is 19.2 Å². The van der Waals surface area contributed by atoms with Gasteiger partial charge in [0.2, 0.25) is 17.7 Å². The molecule has 3 heterocycles. The molecule has 0 aromatic carbocycles. The van der Waals surface area contributed by atoms with E-state index < -0.39 is 6.04 Å². The van der Waals surface area contributed by atoms with Gasteiger partial charge in [-0.25, -0.2) is 4.31 Å². The molecule has 3 saturated heterocycles. The quantitative estimate of drug-likeness (QED) is 0.406. The van der Waals surface area contributed by atoms with Crippen molar-refractivity contribution < 1.29 is 19.2 Å². The third-order valence-electron chi connectivity index (χ3n) is 8.22. The molecule has 1 saturated carbocycles.